The Morgan fingerprint density at radius 3 is 2.35 bits per heavy atom. The van der Waals surface area contributed by atoms with Gasteiger partial charge in [0.05, 0.1) is 18.5 Å². The highest BCUT2D eigenvalue weighted by Gasteiger charge is 2.32. The lowest BCUT2D eigenvalue weighted by Crippen LogP contribution is -2.30. The van der Waals surface area contributed by atoms with Gasteiger partial charge in [-0.05, 0) is 27.7 Å². The second kappa shape index (κ2) is 5.61. The van der Waals surface area contributed by atoms with Gasteiger partial charge in [-0.15, -0.1) is 0 Å². The summed E-state index contributed by atoms with van der Waals surface area (Å²) in [6.45, 7) is 7.35. The highest BCUT2D eigenvalue weighted by atomic mass is 16.6. The lowest BCUT2D eigenvalue weighted by atomic mass is 10.2. The molecule has 0 aromatic carbocycles. The van der Waals surface area contributed by atoms with Gasteiger partial charge in [-0.2, -0.15) is 0 Å². The van der Waals surface area contributed by atoms with Gasteiger partial charge in [0.2, 0.25) is 0 Å². The van der Waals surface area contributed by atoms with Crippen molar-refractivity contribution in [3.8, 4) is 0 Å². The van der Waals surface area contributed by atoms with Crippen LogP contribution in [0, 0.1) is 0 Å². The van der Waals surface area contributed by atoms with Gasteiger partial charge >= 0.3 is 5.97 Å². The molecule has 0 radical (unpaired) electrons. The summed E-state index contributed by atoms with van der Waals surface area (Å²) in [7, 11) is 0. The van der Waals surface area contributed by atoms with Crippen molar-refractivity contribution in [3.05, 3.63) is 23.9 Å². The van der Waals surface area contributed by atoms with Crippen molar-refractivity contribution in [3.63, 3.8) is 0 Å². The van der Waals surface area contributed by atoms with E-state index in [1.54, 1.807) is 6.08 Å². The first-order chi connectivity index (χ1) is 7.91. The number of aliphatic carboxylic acids is 1. The topological polar surface area (TPSA) is 65.0 Å². The van der Waals surface area contributed by atoms with Gasteiger partial charge in [-0.25, -0.2) is 4.79 Å². The van der Waals surface area contributed by atoms with Crippen LogP contribution in [0.3, 0.4) is 0 Å². The summed E-state index contributed by atoms with van der Waals surface area (Å²) in [5.41, 5.74) is 0. The first-order valence-corrected chi connectivity index (χ1v) is 5.54. The number of allylic oxidation sites excluding steroid dienone is 1. The monoisotopic (exact) mass is 242 g/mol. The van der Waals surface area contributed by atoms with E-state index in [2.05, 4.69) is 0 Å². The number of carbonyl (C=O) groups is 1. The summed E-state index contributed by atoms with van der Waals surface area (Å²) in [5.74, 6) is -0.481. The third-order valence-electron chi connectivity index (χ3n) is 1.86. The summed E-state index contributed by atoms with van der Waals surface area (Å²) >= 11 is 0. The van der Waals surface area contributed by atoms with Crippen LogP contribution in [-0.4, -0.2) is 29.4 Å². The van der Waals surface area contributed by atoms with E-state index in [-0.39, 0.29) is 18.0 Å². The largest absolute Gasteiger partial charge is 0.487 e. The predicted molar refractivity (Wildman–Crippen MR) is 61.1 cm³/mol. The summed E-state index contributed by atoms with van der Waals surface area (Å²) in [5, 5.41) is 9.04. The van der Waals surface area contributed by atoms with E-state index in [1.807, 2.05) is 27.7 Å². The molecule has 1 rings (SSSR count). The van der Waals surface area contributed by atoms with Crippen LogP contribution < -0.4 is 0 Å². The molecule has 0 bridgehead atoms. The van der Waals surface area contributed by atoms with E-state index < -0.39 is 12.1 Å². The molecule has 96 valence electrons. The zero-order valence-corrected chi connectivity index (χ0v) is 10.5. The molecule has 0 aromatic heterocycles. The molecule has 1 unspecified atom stereocenters. The fourth-order valence-corrected chi connectivity index (χ4v) is 1.35. The average molecular weight is 242 g/mol. The number of rotatable bonds is 5. The maximum absolute atomic E-state index is 11.0. The summed E-state index contributed by atoms with van der Waals surface area (Å²) in [6.07, 6.45) is 1.53. The third-order valence-corrected chi connectivity index (χ3v) is 1.86. The Hall–Kier alpha value is -1.65. The molecule has 0 aliphatic carbocycles. The molecule has 0 saturated carbocycles. The molecule has 5 nitrogen and oxygen atoms in total. The van der Waals surface area contributed by atoms with Crippen LogP contribution >= 0.6 is 0 Å². The number of ether oxygens (including phenoxy) is 3. The minimum Gasteiger partial charge on any atom is -0.487 e. The molecule has 0 amide bonds. The quantitative estimate of drug-likeness (QED) is 0.799. The van der Waals surface area contributed by atoms with E-state index in [0.29, 0.717) is 5.76 Å². The van der Waals surface area contributed by atoms with Crippen molar-refractivity contribution in [1.29, 1.82) is 0 Å². The Balaban J connectivity index is 3.01. The van der Waals surface area contributed by atoms with Gasteiger partial charge in [0.25, 0.3) is 6.10 Å². The molecular formula is C12H18O5. The third kappa shape index (κ3) is 3.69. The molecule has 5 heteroatoms. The maximum atomic E-state index is 11.0. The number of hydrogen-bond acceptors (Lipinski definition) is 4. The first kappa shape index (κ1) is 13.4. The van der Waals surface area contributed by atoms with Crippen molar-refractivity contribution in [1.82, 2.24) is 0 Å². The zero-order chi connectivity index (χ0) is 13.0. The second-order valence-corrected chi connectivity index (χ2v) is 4.22. The van der Waals surface area contributed by atoms with Gasteiger partial charge in [0.15, 0.2) is 11.5 Å². The van der Waals surface area contributed by atoms with Gasteiger partial charge in [-0.3, -0.25) is 0 Å². The molecular weight excluding hydrogens is 224 g/mol. The lowest BCUT2D eigenvalue weighted by molar-refractivity contribution is -0.148. The highest BCUT2D eigenvalue weighted by Crippen LogP contribution is 2.24. The molecule has 1 aliphatic heterocycles. The molecule has 0 spiro atoms. The fraction of sp³-hybridized carbons (Fsp3) is 0.583. The second-order valence-electron chi connectivity index (χ2n) is 4.22. The Kier molecular flexibility index (Phi) is 4.43. The molecule has 0 fully saturated rings. The van der Waals surface area contributed by atoms with Crippen LogP contribution in [0.15, 0.2) is 23.9 Å². The average Bonchev–Trinajstić information content (AvgIpc) is 2.18. The van der Waals surface area contributed by atoms with Crippen LogP contribution in [0.25, 0.3) is 0 Å². The van der Waals surface area contributed by atoms with Crippen molar-refractivity contribution in [2.24, 2.45) is 0 Å². The van der Waals surface area contributed by atoms with Gasteiger partial charge in [0, 0.05) is 6.08 Å². The molecule has 17 heavy (non-hydrogen) atoms. The number of carboxylic acid groups (broad SMARTS) is 1. The Morgan fingerprint density at radius 2 is 1.88 bits per heavy atom. The molecule has 1 atom stereocenters. The smallest absolute Gasteiger partial charge is 0.353 e. The number of hydrogen-bond donors (Lipinski definition) is 1. The van der Waals surface area contributed by atoms with Crippen molar-refractivity contribution in [2.75, 3.05) is 0 Å². The number of carboxylic acids is 1. The fourth-order valence-electron chi connectivity index (χ4n) is 1.35. The lowest BCUT2D eigenvalue weighted by Gasteiger charge is -2.25. The highest BCUT2D eigenvalue weighted by molar-refractivity contribution is 5.76. The van der Waals surface area contributed by atoms with Gasteiger partial charge < -0.3 is 19.3 Å². The maximum Gasteiger partial charge on any atom is 0.353 e. The van der Waals surface area contributed by atoms with Crippen molar-refractivity contribution < 1.29 is 24.1 Å². The van der Waals surface area contributed by atoms with Crippen LogP contribution in [0.5, 0.6) is 0 Å². The van der Waals surface area contributed by atoms with Crippen LogP contribution in [0.1, 0.15) is 27.7 Å². The molecule has 0 aromatic rings. The van der Waals surface area contributed by atoms with E-state index in [9.17, 15) is 4.79 Å². The van der Waals surface area contributed by atoms with Crippen LogP contribution in [-0.2, 0) is 19.0 Å². The predicted octanol–water partition coefficient (Wildman–Crippen LogP) is 2.05. The Morgan fingerprint density at radius 1 is 1.29 bits per heavy atom. The first-order valence-electron chi connectivity index (χ1n) is 5.54. The van der Waals surface area contributed by atoms with Crippen molar-refractivity contribution in [2.45, 2.75) is 46.0 Å². The van der Waals surface area contributed by atoms with E-state index in [4.69, 9.17) is 19.3 Å². The normalized spacial score (nSPS) is 19.5. The summed E-state index contributed by atoms with van der Waals surface area (Å²) in [4.78, 5) is 11.0. The SMILES string of the molecule is CC(C)OC1=C(OC(C)C)C(C(=O)O)OC=C1. The minimum absolute atomic E-state index is 0.0621. The van der Waals surface area contributed by atoms with Crippen LogP contribution in [0.2, 0.25) is 0 Å². The molecule has 1 N–H and O–H groups in total. The van der Waals surface area contributed by atoms with E-state index >= 15 is 0 Å². The molecule has 1 aliphatic rings. The van der Waals surface area contributed by atoms with Crippen LogP contribution in [0.4, 0.5) is 0 Å². The summed E-state index contributed by atoms with van der Waals surface area (Å²) in [6, 6.07) is 0. The van der Waals surface area contributed by atoms with E-state index in [0.717, 1.165) is 0 Å². The van der Waals surface area contributed by atoms with Gasteiger partial charge in [0.1, 0.15) is 0 Å². The standard InChI is InChI=1S/C12H18O5/c1-7(2)16-9-5-6-15-11(12(13)14)10(9)17-8(3)4/h5-8,11H,1-4H3,(H,13,14). The molecule has 0 saturated heterocycles. The van der Waals surface area contributed by atoms with Gasteiger partial charge in [-0.1, -0.05) is 0 Å². The zero-order valence-electron chi connectivity index (χ0n) is 10.5. The summed E-state index contributed by atoms with van der Waals surface area (Å²) < 4.78 is 16.0. The van der Waals surface area contributed by atoms with E-state index in [1.165, 1.54) is 6.26 Å². The van der Waals surface area contributed by atoms with Crippen molar-refractivity contribution >= 4 is 5.97 Å². The molecule has 1 heterocycles. The Bertz CT molecular complexity index is 341. The Labute approximate surface area is 101 Å². The minimum atomic E-state index is -1.14.